The highest BCUT2D eigenvalue weighted by Gasteiger charge is 2.14. The highest BCUT2D eigenvalue weighted by molar-refractivity contribution is 7.99. The number of hydrogen-bond donors (Lipinski definition) is 1. The van der Waals surface area contributed by atoms with E-state index >= 15 is 0 Å². The lowest BCUT2D eigenvalue weighted by molar-refractivity contribution is 0.0956. The number of methoxy groups -OCH3 is 1. The van der Waals surface area contributed by atoms with Crippen LogP contribution in [-0.2, 0) is 0 Å². The van der Waals surface area contributed by atoms with Crippen molar-refractivity contribution in [3.8, 4) is 5.75 Å². The van der Waals surface area contributed by atoms with E-state index in [9.17, 15) is 4.79 Å². The molecule has 1 aromatic carbocycles. The summed E-state index contributed by atoms with van der Waals surface area (Å²) in [5.41, 5.74) is 0.658. The number of carbonyl (C=O) groups excluding carboxylic acids is 1. The van der Waals surface area contributed by atoms with Crippen molar-refractivity contribution in [2.75, 3.05) is 19.4 Å². The van der Waals surface area contributed by atoms with Gasteiger partial charge in [-0.1, -0.05) is 18.9 Å². The minimum absolute atomic E-state index is 0.0223. The van der Waals surface area contributed by atoms with Crippen molar-refractivity contribution in [2.45, 2.75) is 30.9 Å². The van der Waals surface area contributed by atoms with E-state index in [1.165, 1.54) is 25.7 Å². The Hall–Kier alpha value is -1.16. The molecule has 0 bridgehead atoms. The zero-order chi connectivity index (χ0) is 13.5. The molecule has 3 nitrogen and oxygen atoms in total. The Kier molecular flexibility index (Phi) is 5.58. The molecule has 0 unspecified atom stereocenters. The quantitative estimate of drug-likeness (QED) is 0.813. The van der Waals surface area contributed by atoms with Crippen LogP contribution in [0.5, 0.6) is 5.75 Å². The molecule has 1 aliphatic carbocycles. The first-order chi connectivity index (χ1) is 9.29. The predicted octanol–water partition coefficient (Wildman–Crippen LogP) is 3.10. The van der Waals surface area contributed by atoms with Crippen molar-refractivity contribution in [1.82, 2.24) is 5.32 Å². The predicted molar refractivity (Wildman–Crippen MR) is 80.0 cm³/mol. The summed E-state index contributed by atoms with van der Waals surface area (Å²) < 4.78 is 5.11. The van der Waals surface area contributed by atoms with Gasteiger partial charge in [-0.15, -0.1) is 0 Å². The van der Waals surface area contributed by atoms with Gasteiger partial charge in [0.1, 0.15) is 5.75 Å². The van der Waals surface area contributed by atoms with Gasteiger partial charge in [-0.3, -0.25) is 4.79 Å². The molecular formula is C15H21NO2S. The van der Waals surface area contributed by atoms with Crippen LogP contribution in [0, 0.1) is 0 Å². The Morgan fingerprint density at radius 3 is 2.95 bits per heavy atom. The SMILES string of the molecule is COc1cccc(C(=O)NCCSC2CCCC2)c1. The van der Waals surface area contributed by atoms with Crippen LogP contribution in [0.1, 0.15) is 36.0 Å². The lowest BCUT2D eigenvalue weighted by atomic mass is 10.2. The summed E-state index contributed by atoms with van der Waals surface area (Å²) in [6, 6.07) is 7.25. The Balaban J connectivity index is 1.71. The maximum absolute atomic E-state index is 11.9. The number of nitrogens with one attached hydrogen (secondary N) is 1. The van der Waals surface area contributed by atoms with Crippen molar-refractivity contribution in [3.63, 3.8) is 0 Å². The van der Waals surface area contributed by atoms with Gasteiger partial charge in [0.05, 0.1) is 7.11 Å². The number of benzene rings is 1. The van der Waals surface area contributed by atoms with E-state index in [0.717, 1.165) is 17.5 Å². The molecule has 0 saturated heterocycles. The fourth-order valence-corrected chi connectivity index (χ4v) is 3.53. The van der Waals surface area contributed by atoms with E-state index in [0.29, 0.717) is 11.3 Å². The Labute approximate surface area is 119 Å². The monoisotopic (exact) mass is 279 g/mol. The average molecular weight is 279 g/mol. The first kappa shape index (κ1) is 14.3. The first-order valence-corrected chi connectivity index (χ1v) is 7.88. The van der Waals surface area contributed by atoms with Gasteiger partial charge < -0.3 is 10.1 Å². The summed E-state index contributed by atoms with van der Waals surface area (Å²) >= 11 is 1.99. The smallest absolute Gasteiger partial charge is 0.251 e. The van der Waals surface area contributed by atoms with Gasteiger partial charge in [-0.2, -0.15) is 11.8 Å². The molecule has 19 heavy (non-hydrogen) atoms. The van der Waals surface area contributed by atoms with Gasteiger partial charge in [0.25, 0.3) is 5.91 Å². The van der Waals surface area contributed by atoms with E-state index in [-0.39, 0.29) is 5.91 Å². The van der Waals surface area contributed by atoms with E-state index < -0.39 is 0 Å². The van der Waals surface area contributed by atoms with Crippen molar-refractivity contribution >= 4 is 17.7 Å². The molecule has 1 saturated carbocycles. The summed E-state index contributed by atoms with van der Waals surface area (Å²) in [5, 5.41) is 3.77. The van der Waals surface area contributed by atoms with Gasteiger partial charge in [0, 0.05) is 23.1 Å². The molecule has 4 heteroatoms. The van der Waals surface area contributed by atoms with Crippen LogP contribution >= 0.6 is 11.8 Å². The normalized spacial score (nSPS) is 15.4. The van der Waals surface area contributed by atoms with Gasteiger partial charge in [-0.25, -0.2) is 0 Å². The zero-order valence-electron chi connectivity index (χ0n) is 11.4. The molecule has 1 amide bonds. The summed E-state index contributed by atoms with van der Waals surface area (Å²) in [4.78, 5) is 11.9. The maximum Gasteiger partial charge on any atom is 0.251 e. The molecule has 1 aliphatic rings. The lowest BCUT2D eigenvalue weighted by Gasteiger charge is -2.09. The molecule has 0 aliphatic heterocycles. The summed E-state index contributed by atoms with van der Waals surface area (Å²) in [5.74, 6) is 1.69. The molecule has 0 atom stereocenters. The molecule has 0 aromatic heterocycles. The summed E-state index contributed by atoms with van der Waals surface area (Å²) in [6.07, 6.45) is 5.42. The molecule has 0 spiro atoms. The van der Waals surface area contributed by atoms with Crippen LogP contribution in [0.3, 0.4) is 0 Å². The van der Waals surface area contributed by atoms with Crippen molar-refractivity contribution in [3.05, 3.63) is 29.8 Å². The topological polar surface area (TPSA) is 38.3 Å². The molecular weight excluding hydrogens is 258 g/mol. The summed E-state index contributed by atoms with van der Waals surface area (Å²) in [6.45, 7) is 0.733. The number of rotatable bonds is 6. The molecule has 1 fully saturated rings. The molecule has 104 valence electrons. The first-order valence-electron chi connectivity index (χ1n) is 6.83. The van der Waals surface area contributed by atoms with Crippen LogP contribution in [-0.4, -0.2) is 30.6 Å². The summed E-state index contributed by atoms with van der Waals surface area (Å²) in [7, 11) is 1.61. The second kappa shape index (κ2) is 7.43. The third-order valence-electron chi connectivity index (χ3n) is 3.38. The van der Waals surface area contributed by atoms with Crippen molar-refractivity contribution in [1.29, 1.82) is 0 Å². The number of thioether (sulfide) groups is 1. The maximum atomic E-state index is 11.9. The lowest BCUT2D eigenvalue weighted by Crippen LogP contribution is -2.26. The average Bonchev–Trinajstić information content (AvgIpc) is 2.96. The number of carbonyl (C=O) groups is 1. The van der Waals surface area contributed by atoms with E-state index in [1.54, 1.807) is 13.2 Å². The molecule has 1 N–H and O–H groups in total. The Morgan fingerprint density at radius 1 is 1.42 bits per heavy atom. The van der Waals surface area contributed by atoms with Gasteiger partial charge in [0.15, 0.2) is 0 Å². The van der Waals surface area contributed by atoms with Crippen molar-refractivity contribution in [2.24, 2.45) is 0 Å². The van der Waals surface area contributed by atoms with Gasteiger partial charge in [-0.05, 0) is 31.0 Å². The second-order valence-electron chi connectivity index (χ2n) is 4.77. The molecule has 2 rings (SSSR count). The van der Waals surface area contributed by atoms with Crippen LogP contribution in [0.15, 0.2) is 24.3 Å². The zero-order valence-corrected chi connectivity index (χ0v) is 12.2. The van der Waals surface area contributed by atoms with E-state index in [4.69, 9.17) is 4.74 Å². The standard InChI is InChI=1S/C15H21NO2S/c1-18-13-6-4-5-12(11-13)15(17)16-9-10-19-14-7-2-3-8-14/h4-6,11,14H,2-3,7-10H2,1H3,(H,16,17). The van der Waals surface area contributed by atoms with Gasteiger partial charge >= 0.3 is 0 Å². The van der Waals surface area contributed by atoms with Crippen LogP contribution in [0.2, 0.25) is 0 Å². The van der Waals surface area contributed by atoms with Crippen LogP contribution in [0.25, 0.3) is 0 Å². The van der Waals surface area contributed by atoms with E-state index in [1.807, 2.05) is 30.0 Å². The minimum atomic E-state index is -0.0223. The Morgan fingerprint density at radius 2 is 2.21 bits per heavy atom. The van der Waals surface area contributed by atoms with Crippen LogP contribution in [0.4, 0.5) is 0 Å². The highest BCUT2D eigenvalue weighted by Crippen LogP contribution is 2.28. The number of ether oxygens (including phenoxy) is 1. The fourth-order valence-electron chi connectivity index (χ4n) is 2.31. The minimum Gasteiger partial charge on any atom is -0.497 e. The van der Waals surface area contributed by atoms with Crippen molar-refractivity contribution < 1.29 is 9.53 Å². The Bertz CT molecular complexity index is 416. The van der Waals surface area contributed by atoms with E-state index in [2.05, 4.69) is 5.32 Å². The highest BCUT2D eigenvalue weighted by atomic mass is 32.2. The third-order valence-corrected chi connectivity index (χ3v) is 4.76. The molecule has 0 heterocycles. The van der Waals surface area contributed by atoms with Crippen LogP contribution < -0.4 is 10.1 Å². The third kappa shape index (κ3) is 4.46. The molecule has 1 aromatic rings. The number of hydrogen-bond acceptors (Lipinski definition) is 3. The second-order valence-corrected chi connectivity index (χ2v) is 6.17. The van der Waals surface area contributed by atoms with Gasteiger partial charge in [0.2, 0.25) is 0 Å². The largest absolute Gasteiger partial charge is 0.497 e. The number of amides is 1. The molecule has 0 radical (unpaired) electrons. The fraction of sp³-hybridized carbons (Fsp3) is 0.533.